The largest absolute Gasteiger partial charge is 0.493 e. The Morgan fingerprint density at radius 2 is 2.06 bits per heavy atom. The number of nitro groups is 1. The fourth-order valence-corrected chi connectivity index (χ4v) is 3.60. The van der Waals surface area contributed by atoms with Crippen molar-refractivity contribution in [1.29, 1.82) is 0 Å². The van der Waals surface area contributed by atoms with Crippen molar-refractivity contribution in [1.82, 2.24) is 0 Å². The summed E-state index contributed by atoms with van der Waals surface area (Å²) < 4.78 is 21.1. The Hall–Kier alpha value is -3.19. The number of halogens is 2. The molecular weight excluding hydrogens is 559 g/mol. The van der Waals surface area contributed by atoms with Crippen LogP contribution in [0.25, 0.3) is 6.08 Å². The van der Waals surface area contributed by atoms with Gasteiger partial charge in [-0.25, -0.2) is 14.6 Å². The molecule has 0 spiro atoms. The summed E-state index contributed by atoms with van der Waals surface area (Å²) in [7, 11) is 2.68. The standard InChI is InChI=1S/C20H14ClIN2O8/c1-29-16-7-10(5-13(22)18(16)31-9-17(25)30-2)6-14-20(26)32-19(23-14)11-3-4-12(21)15(8-11)24(27)28/h3-8H,9H2,1-2H3/b14-6-. The molecule has 12 heteroatoms. The van der Waals surface area contributed by atoms with Gasteiger partial charge in [-0.2, -0.15) is 0 Å². The lowest BCUT2D eigenvalue weighted by Gasteiger charge is -2.12. The Kier molecular flexibility index (Phi) is 7.30. The number of nitrogens with zero attached hydrogens (tertiary/aromatic N) is 2. The van der Waals surface area contributed by atoms with Gasteiger partial charge in [-0.05, 0) is 58.5 Å². The summed E-state index contributed by atoms with van der Waals surface area (Å²) in [6, 6.07) is 7.25. The monoisotopic (exact) mass is 572 g/mol. The first-order valence-electron chi connectivity index (χ1n) is 8.77. The molecule has 10 nitrogen and oxygen atoms in total. The van der Waals surface area contributed by atoms with Gasteiger partial charge >= 0.3 is 11.9 Å². The zero-order valence-electron chi connectivity index (χ0n) is 16.6. The highest BCUT2D eigenvalue weighted by molar-refractivity contribution is 14.1. The molecule has 1 aliphatic heterocycles. The van der Waals surface area contributed by atoms with E-state index in [1.54, 1.807) is 12.1 Å². The van der Waals surface area contributed by atoms with Crippen LogP contribution in [0, 0.1) is 13.7 Å². The van der Waals surface area contributed by atoms with E-state index in [0.29, 0.717) is 20.6 Å². The Morgan fingerprint density at radius 1 is 1.31 bits per heavy atom. The molecule has 0 atom stereocenters. The van der Waals surface area contributed by atoms with E-state index in [1.807, 2.05) is 22.6 Å². The normalized spacial score (nSPS) is 14.1. The van der Waals surface area contributed by atoms with Gasteiger partial charge in [0.25, 0.3) is 5.69 Å². The van der Waals surface area contributed by atoms with E-state index in [-0.39, 0.29) is 34.5 Å². The lowest BCUT2D eigenvalue weighted by atomic mass is 10.1. The number of hydrogen-bond acceptors (Lipinski definition) is 9. The van der Waals surface area contributed by atoms with E-state index in [2.05, 4.69) is 9.73 Å². The highest BCUT2D eigenvalue weighted by atomic mass is 127. The summed E-state index contributed by atoms with van der Waals surface area (Å²) in [4.78, 5) is 38.2. The van der Waals surface area contributed by atoms with Crippen molar-refractivity contribution in [3.8, 4) is 11.5 Å². The van der Waals surface area contributed by atoms with E-state index in [0.717, 1.165) is 0 Å². The first-order chi connectivity index (χ1) is 15.2. The third kappa shape index (κ3) is 5.16. The second-order valence-electron chi connectivity index (χ2n) is 6.16. The van der Waals surface area contributed by atoms with Crippen LogP contribution in [0.3, 0.4) is 0 Å². The first-order valence-corrected chi connectivity index (χ1v) is 10.2. The van der Waals surface area contributed by atoms with Gasteiger partial charge in [0, 0.05) is 11.6 Å². The fraction of sp³-hybridized carbons (Fsp3) is 0.150. The Morgan fingerprint density at radius 3 is 2.72 bits per heavy atom. The van der Waals surface area contributed by atoms with Gasteiger partial charge in [-0.3, -0.25) is 10.1 Å². The molecule has 0 aromatic heterocycles. The van der Waals surface area contributed by atoms with E-state index >= 15 is 0 Å². The minimum atomic E-state index is -0.724. The lowest BCUT2D eigenvalue weighted by molar-refractivity contribution is -0.384. The van der Waals surface area contributed by atoms with Crippen molar-refractivity contribution in [2.45, 2.75) is 0 Å². The van der Waals surface area contributed by atoms with Gasteiger partial charge in [0.1, 0.15) is 5.02 Å². The van der Waals surface area contributed by atoms with E-state index < -0.39 is 16.9 Å². The summed E-state index contributed by atoms with van der Waals surface area (Å²) >= 11 is 7.81. The molecule has 2 aromatic rings. The predicted molar refractivity (Wildman–Crippen MR) is 122 cm³/mol. The third-order valence-electron chi connectivity index (χ3n) is 4.13. The number of methoxy groups -OCH3 is 2. The molecule has 0 radical (unpaired) electrons. The summed E-state index contributed by atoms with van der Waals surface area (Å²) in [5.74, 6) is -0.686. The van der Waals surface area contributed by atoms with E-state index in [4.69, 9.17) is 25.8 Å². The topological polar surface area (TPSA) is 127 Å². The quantitative estimate of drug-likeness (QED) is 0.161. The summed E-state index contributed by atoms with van der Waals surface area (Å²) in [6.45, 7) is -0.295. The van der Waals surface area contributed by atoms with Crippen LogP contribution in [-0.2, 0) is 19.1 Å². The SMILES string of the molecule is COC(=O)COc1c(I)cc(/C=C2\N=C(c3ccc(Cl)c([N+](=O)[O-])c3)OC2=O)cc1OC. The molecule has 0 saturated carbocycles. The highest BCUT2D eigenvalue weighted by Gasteiger charge is 2.26. The van der Waals surface area contributed by atoms with Gasteiger partial charge in [-0.1, -0.05) is 11.6 Å². The van der Waals surface area contributed by atoms with Crippen LogP contribution < -0.4 is 9.47 Å². The molecule has 1 heterocycles. The van der Waals surface area contributed by atoms with Crippen LogP contribution in [0.15, 0.2) is 41.0 Å². The van der Waals surface area contributed by atoms with Crippen LogP contribution in [0.2, 0.25) is 5.02 Å². The molecule has 0 bridgehead atoms. The molecule has 1 aliphatic rings. The van der Waals surface area contributed by atoms with Crippen LogP contribution in [0.4, 0.5) is 5.69 Å². The number of rotatable bonds is 7. The molecule has 32 heavy (non-hydrogen) atoms. The van der Waals surface area contributed by atoms with Gasteiger partial charge in [-0.15, -0.1) is 0 Å². The molecule has 0 fully saturated rings. The Balaban J connectivity index is 1.92. The number of cyclic esters (lactones) is 1. The molecule has 0 aliphatic carbocycles. The van der Waals surface area contributed by atoms with Crippen molar-refractivity contribution in [2.75, 3.05) is 20.8 Å². The summed E-state index contributed by atoms with van der Waals surface area (Å²) in [5, 5.41) is 11.0. The maximum Gasteiger partial charge on any atom is 0.363 e. The summed E-state index contributed by atoms with van der Waals surface area (Å²) in [6.07, 6.45) is 1.47. The first kappa shape index (κ1) is 23.5. The third-order valence-corrected chi connectivity index (χ3v) is 5.25. The number of esters is 2. The second-order valence-corrected chi connectivity index (χ2v) is 7.73. The van der Waals surface area contributed by atoms with Gasteiger partial charge in [0.05, 0.1) is 22.7 Å². The van der Waals surface area contributed by atoms with Crippen LogP contribution in [-0.4, -0.2) is 43.6 Å². The number of nitro benzene ring substituents is 1. The second kappa shape index (κ2) is 9.96. The van der Waals surface area contributed by atoms with Crippen molar-refractivity contribution >= 4 is 63.8 Å². The molecule has 0 unspecified atom stereocenters. The van der Waals surface area contributed by atoms with Gasteiger partial charge in [0.2, 0.25) is 5.90 Å². The molecule has 0 saturated heterocycles. The Labute approximate surface area is 200 Å². The molecule has 0 amide bonds. The molecule has 2 aromatic carbocycles. The number of ether oxygens (including phenoxy) is 4. The maximum atomic E-state index is 12.3. The Bertz CT molecular complexity index is 1180. The summed E-state index contributed by atoms with van der Waals surface area (Å²) in [5.41, 5.74) is 0.438. The smallest absolute Gasteiger partial charge is 0.363 e. The highest BCUT2D eigenvalue weighted by Crippen LogP contribution is 2.35. The number of hydrogen-bond donors (Lipinski definition) is 0. The molecular formula is C20H14ClIN2O8. The zero-order chi connectivity index (χ0) is 23.4. The van der Waals surface area contributed by atoms with Crippen molar-refractivity contribution in [3.63, 3.8) is 0 Å². The van der Waals surface area contributed by atoms with Gasteiger partial charge in [0.15, 0.2) is 23.8 Å². The lowest BCUT2D eigenvalue weighted by Crippen LogP contribution is -2.13. The minimum Gasteiger partial charge on any atom is -0.493 e. The number of aliphatic imine (C=N–C) groups is 1. The average molecular weight is 573 g/mol. The van der Waals surface area contributed by atoms with Crippen molar-refractivity contribution in [2.24, 2.45) is 4.99 Å². The average Bonchev–Trinajstić information content (AvgIpc) is 3.12. The van der Waals surface area contributed by atoms with Crippen LogP contribution in [0.5, 0.6) is 11.5 Å². The predicted octanol–water partition coefficient (Wildman–Crippen LogP) is 3.76. The number of carbonyl (C=O) groups is 2. The van der Waals surface area contributed by atoms with Crippen LogP contribution in [0.1, 0.15) is 11.1 Å². The van der Waals surface area contributed by atoms with E-state index in [1.165, 1.54) is 38.5 Å². The van der Waals surface area contributed by atoms with Crippen molar-refractivity contribution < 1.29 is 33.5 Å². The zero-order valence-corrected chi connectivity index (χ0v) is 19.5. The molecule has 0 N–H and O–H groups in total. The molecule has 166 valence electrons. The number of carbonyl (C=O) groups excluding carboxylic acids is 2. The maximum absolute atomic E-state index is 12.3. The number of benzene rings is 2. The fourth-order valence-electron chi connectivity index (χ4n) is 2.63. The van der Waals surface area contributed by atoms with E-state index in [9.17, 15) is 19.7 Å². The van der Waals surface area contributed by atoms with Gasteiger partial charge < -0.3 is 18.9 Å². The van der Waals surface area contributed by atoms with Crippen molar-refractivity contribution in [3.05, 3.63) is 65.9 Å². The van der Waals surface area contributed by atoms with Crippen LogP contribution >= 0.6 is 34.2 Å². The molecule has 3 rings (SSSR count). The minimum absolute atomic E-state index is 0.0151.